The summed E-state index contributed by atoms with van der Waals surface area (Å²) in [5.74, 6) is -2.46. The first-order valence-electron chi connectivity index (χ1n) is 41.0. The minimum absolute atomic E-state index is 0.00124. The van der Waals surface area contributed by atoms with E-state index in [9.17, 15) is 28.8 Å². The van der Waals surface area contributed by atoms with E-state index in [2.05, 4.69) is 0 Å². The van der Waals surface area contributed by atoms with Crippen LogP contribution in [0, 0.1) is 46.3 Å². The third-order valence-electron chi connectivity index (χ3n) is 22.7. The molecular weight excluding hydrogens is 1450 g/mol. The van der Waals surface area contributed by atoms with E-state index >= 15 is 0 Å². The van der Waals surface area contributed by atoms with Gasteiger partial charge in [-0.25, -0.2) is 0 Å². The van der Waals surface area contributed by atoms with Crippen molar-refractivity contribution in [3.63, 3.8) is 0 Å². The molecule has 12 rings (SSSR count). The van der Waals surface area contributed by atoms with Crippen LogP contribution in [0.5, 0.6) is 0 Å². The molecule has 12 fully saturated rings. The van der Waals surface area contributed by atoms with Crippen LogP contribution in [0.2, 0.25) is 0 Å². The lowest BCUT2D eigenvalue weighted by atomic mass is 9.89. The van der Waals surface area contributed by atoms with Crippen LogP contribution in [-0.4, -0.2) is 334 Å². The highest BCUT2D eigenvalue weighted by atomic mass is 16.6. The van der Waals surface area contributed by atoms with Gasteiger partial charge in [-0.2, -0.15) is 0 Å². The van der Waals surface area contributed by atoms with E-state index in [1.54, 1.807) is 0 Å². The maximum atomic E-state index is 12.9. The molecule has 0 aromatic carbocycles. The Bertz CT molecular complexity index is 2570. The molecule has 0 aromatic heterocycles. The van der Waals surface area contributed by atoms with E-state index in [1.807, 2.05) is 0 Å². The molecule has 32 nitrogen and oxygen atoms in total. The van der Waals surface area contributed by atoms with Crippen molar-refractivity contribution >= 4 is 35.8 Å². The summed E-state index contributed by atoms with van der Waals surface area (Å²) in [6.07, 6.45) is 16.4. The van der Waals surface area contributed by atoms with Crippen LogP contribution >= 0.6 is 0 Å². The number of hydrogen-bond acceptors (Lipinski definition) is 32. The van der Waals surface area contributed by atoms with Gasteiger partial charge >= 0.3 is 35.8 Å². The smallest absolute Gasteiger partial charge is 0.309 e. The number of carbonyl (C=O) groups excluding carboxylic acids is 6. The summed E-state index contributed by atoms with van der Waals surface area (Å²) in [6, 6.07) is 0. The number of epoxide rings is 6. The molecule has 6 heterocycles. The van der Waals surface area contributed by atoms with Crippen LogP contribution < -0.4 is 0 Å². The summed E-state index contributed by atoms with van der Waals surface area (Å²) in [5, 5.41) is 0. The monoisotopic (exact) mass is 1570 g/mol. The normalized spacial score (nSPS) is 31.4. The summed E-state index contributed by atoms with van der Waals surface area (Å²) in [5.41, 5.74) is -2.02. The lowest BCUT2D eigenvalue weighted by Gasteiger charge is -2.37. The number of hydrogen-bond donors (Lipinski definition) is 0. The average molecular weight is 1570 g/mol. The van der Waals surface area contributed by atoms with Crippen molar-refractivity contribution in [2.75, 3.05) is 225 Å². The largest absolute Gasteiger partial charge is 0.463 e. The molecule has 18 unspecified atom stereocenters. The minimum atomic E-state index is -1.01. The summed E-state index contributed by atoms with van der Waals surface area (Å²) >= 11 is 0. The Balaban J connectivity index is 0.666. The van der Waals surface area contributed by atoms with Crippen molar-refractivity contribution in [2.24, 2.45) is 46.3 Å². The Morgan fingerprint density at radius 2 is 0.327 bits per heavy atom. The summed E-state index contributed by atoms with van der Waals surface area (Å²) < 4.78 is 154. The average Bonchev–Trinajstić information content (AvgIpc) is 1.66. The van der Waals surface area contributed by atoms with Crippen molar-refractivity contribution in [1.29, 1.82) is 0 Å². The van der Waals surface area contributed by atoms with Crippen LogP contribution in [0.15, 0.2) is 0 Å². The Morgan fingerprint density at radius 1 is 0.182 bits per heavy atom. The molecule has 626 valence electrons. The Morgan fingerprint density at radius 3 is 0.491 bits per heavy atom. The number of esters is 6. The maximum Gasteiger partial charge on any atom is 0.309 e. The van der Waals surface area contributed by atoms with Gasteiger partial charge in [0.05, 0.1) is 305 Å². The number of rotatable bonds is 61. The van der Waals surface area contributed by atoms with Gasteiger partial charge in [0.2, 0.25) is 0 Å². The topological polar surface area (TPSA) is 362 Å². The zero-order valence-corrected chi connectivity index (χ0v) is 64.2. The molecular formula is C78H122O32. The van der Waals surface area contributed by atoms with E-state index in [0.29, 0.717) is 44.6 Å². The second-order valence-electron chi connectivity index (χ2n) is 31.4. The van der Waals surface area contributed by atoms with Gasteiger partial charge < -0.3 is 123 Å². The first-order valence-corrected chi connectivity index (χ1v) is 41.0. The molecule has 0 spiro atoms. The number of carbonyl (C=O) groups is 6. The van der Waals surface area contributed by atoms with Crippen LogP contribution in [0.4, 0.5) is 0 Å². The summed E-state index contributed by atoms with van der Waals surface area (Å²) in [7, 11) is 0. The molecule has 32 heteroatoms. The van der Waals surface area contributed by atoms with Crippen molar-refractivity contribution in [3.05, 3.63) is 0 Å². The van der Waals surface area contributed by atoms with Gasteiger partial charge in [-0.3, -0.25) is 28.8 Å². The van der Waals surface area contributed by atoms with E-state index in [4.69, 9.17) is 123 Å². The maximum absolute atomic E-state index is 12.9. The highest BCUT2D eigenvalue weighted by Crippen LogP contribution is 2.44. The third-order valence-corrected chi connectivity index (χ3v) is 22.7. The second-order valence-corrected chi connectivity index (χ2v) is 31.4. The summed E-state index contributed by atoms with van der Waals surface area (Å²) in [6.45, 7) is 4.57. The van der Waals surface area contributed by atoms with Crippen molar-refractivity contribution in [3.8, 4) is 0 Å². The van der Waals surface area contributed by atoms with Gasteiger partial charge in [0.25, 0.3) is 0 Å². The highest BCUT2D eigenvalue weighted by Gasteiger charge is 2.51. The zero-order chi connectivity index (χ0) is 76.0. The van der Waals surface area contributed by atoms with Crippen LogP contribution in [0.3, 0.4) is 0 Å². The van der Waals surface area contributed by atoms with Crippen molar-refractivity contribution in [2.45, 2.75) is 189 Å². The third kappa shape index (κ3) is 29.6. The lowest BCUT2D eigenvalue weighted by Crippen LogP contribution is -2.46. The fourth-order valence-corrected chi connectivity index (χ4v) is 15.9. The van der Waals surface area contributed by atoms with Crippen LogP contribution in [0.25, 0.3) is 0 Å². The number of ether oxygens (including phenoxy) is 26. The molecule has 6 aliphatic carbocycles. The predicted molar refractivity (Wildman–Crippen MR) is 378 cm³/mol. The molecule has 6 aliphatic heterocycles. The molecule has 0 radical (unpaired) electrons. The standard InChI is InChI=1S/C78H122O32/c79-71(53-1-7-59-65(39-53)105-59)99-33-27-86-14-13-85-15-21-92-45-77(46-93-22-16-87-28-34-100-72(80)54-2-8-60-66(40-54)106-60,47-94-23-17-88-29-35-101-73(81)55-3-9-61-67(41-55)107-61)51-98-52-78(48-95-24-18-89-30-36-102-74(82)56-4-10-62-68(42-56)108-62,49-96-25-19-90-31-37-103-75(83)57-5-11-63-69(43-57)109-63)50-97-26-20-91-32-38-104-76(84)58-6-12-64-70(44-58)110-64/h53-70H,1-52H2. The SMILES string of the molecule is O=C(OCCOCCOCCOCC(COCCOCCOC(=O)C1CCC2OC2C1)(COCCOCCOC(=O)C1CCC2OC2C1)COCC(COCCOCCOC(=O)C1CCC2OC2C1)(COCCOCCOC(=O)C1CCC2OC2C1)COCCOCCOC(=O)C1CCC2OC2C1)C1CCC2OC2C1. The minimum Gasteiger partial charge on any atom is -0.463 e. The van der Waals surface area contributed by atoms with E-state index in [0.717, 1.165) is 77.0 Å². The molecule has 0 N–H and O–H groups in total. The van der Waals surface area contributed by atoms with Gasteiger partial charge in [0.15, 0.2) is 0 Å². The summed E-state index contributed by atoms with van der Waals surface area (Å²) in [4.78, 5) is 77.1. The van der Waals surface area contributed by atoms with Gasteiger partial charge in [-0.1, -0.05) is 0 Å². The first-order chi connectivity index (χ1) is 53.9. The quantitative estimate of drug-likeness (QED) is 0.0361. The van der Waals surface area contributed by atoms with Gasteiger partial charge in [0.1, 0.15) is 39.6 Å². The van der Waals surface area contributed by atoms with Gasteiger partial charge in [-0.15, -0.1) is 0 Å². The van der Waals surface area contributed by atoms with E-state index < -0.39 is 10.8 Å². The van der Waals surface area contributed by atoms with Gasteiger partial charge in [-0.05, 0) is 116 Å². The predicted octanol–water partition coefficient (Wildman–Crippen LogP) is 3.86. The van der Waals surface area contributed by atoms with E-state index in [-0.39, 0.29) is 363 Å². The molecule has 0 aromatic rings. The van der Waals surface area contributed by atoms with Gasteiger partial charge in [0, 0.05) is 0 Å². The molecule has 0 amide bonds. The fraction of sp³-hybridized carbons (Fsp3) is 0.923. The highest BCUT2D eigenvalue weighted by molar-refractivity contribution is 5.75. The second kappa shape index (κ2) is 45.5. The van der Waals surface area contributed by atoms with E-state index in [1.165, 1.54) is 0 Å². The first kappa shape index (κ1) is 85.4. The van der Waals surface area contributed by atoms with Crippen molar-refractivity contribution in [1.82, 2.24) is 0 Å². The molecule has 18 atom stereocenters. The Hall–Kier alpha value is -3.98. The molecule has 12 aliphatic rings. The Labute approximate surface area is 645 Å². The molecule has 110 heavy (non-hydrogen) atoms. The fourth-order valence-electron chi connectivity index (χ4n) is 15.9. The Kier molecular flexibility index (Phi) is 35.3. The van der Waals surface area contributed by atoms with Crippen LogP contribution in [0.1, 0.15) is 116 Å². The lowest BCUT2D eigenvalue weighted by molar-refractivity contribution is -0.154. The molecule has 6 saturated carbocycles. The molecule has 6 saturated heterocycles. The van der Waals surface area contributed by atoms with Crippen molar-refractivity contribution < 1.29 is 152 Å². The molecule has 0 bridgehead atoms. The zero-order valence-electron chi connectivity index (χ0n) is 64.2. The van der Waals surface area contributed by atoms with Crippen LogP contribution in [-0.2, 0) is 152 Å². The number of fused-ring (bicyclic) bond motifs is 6.